The van der Waals surface area contributed by atoms with Crippen molar-refractivity contribution in [3.05, 3.63) is 47.9 Å². The highest BCUT2D eigenvalue weighted by molar-refractivity contribution is 5.85. The Hall–Kier alpha value is -2.72. The monoisotopic (exact) mass is 463 g/mol. The number of rotatable bonds is 10. The van der Waals surface area contributed by atoms with Gasteiger partial charge in [-0.15, -0.1) is 5.10 Å². The molecule has 1 fully saturated rings. The zero-order chi connectivity index (χ0) is 23.1. The lowest BCUT2D eigenvalue weighted by molar-refractivity contribution is -0.137. The zero-order valence-electron chi connectivity index (χ0n) is 18.4. The molecule has 0 amide bonds. The Morgan fingerprint density at radius 3 is 2.67 bits per heavy atom. The van der Waals surface area contributed by atoms with Gasteiger partial charge >= 0.3 is 6.18 Å². The number of pyridine rings is 1. The number of aromatic nitrogens is 4. The fourth-order valence-electron chi connectivity index (χ4n) is 3.84. The van der Waals surface area contributed by atoms with E-state index in [0.29, 0.717) is 17.7 Å². The molecule has 1 aliphatic heterocycles. The predicted octanol–water partition coefficient (Wildman–Crippen LogP) is 4.32. The molecule has 7 nitrogen and oxygen atoms in total. The normalized spacial score (nSPS) is 15.2. The van der Waals surface area contributed by atoms with Crippen LogP contribution in [-0.2, 0) is 24.0 Å². The molecule has 3 aromatic rings. The van der Waals surface area contributed by atoms with Gasteiger partial charge < -0.3 is 9.47 Å². The number of nitrogens with zero attached hydrogens (tertiary/aromatic N) is 5. The summed E-state index contributed by atoms with van der Waals surface area (Å²) in [6, 6.07) is 5.23. The van der Waals surface area contributed by atoms with Crippen LogP contribution in [0.5, 0.6) is 5.75 Å². The average molecular weight is 464 g/mol. The van der Waals surface area contributed by atoms with Crippen LogP contribution in [0.2, 0.25) is 0 Å². The molecule has 33 heavy (non-hydrogen) atoms. The number of hydrogen-bond acceptors (Lipinski definition) is 6. The van der Waals surface area contributed by atoms with Crippen LogP contribution in [0.3, 0.4) is 0 Å². The van der Waals surface area contributed by atoms with Gasteiger partial charge in [-0.2, -0.15) is 13.2 Å². The number of ether oxygens (including phenoxy) is 2. The van der Waals surface area contributed by atoms with Gasteiger partial charge in [0.05, 0.1) is 36.6 Å². The van der Waals surface area contributed by atoms with Crippen molar-refractivity contribution in [2.45, 2.75) is 44.9 Å². The van der Waals surface area contributed by atoms with Crippen LogP contribution < -0.4 is 4.74 Å². The highest BCUT2D eigenvalue weighted by atomic mass is 19.4. The number of halogens is 3. The third kappa shape index (κ3) is 6.64. The molecule has 0 atom stereocenters. The Bertz CT molecular complexity index is 1030. The summed E-state index contributed by atoms with van der Waals surface area (Å²) in [5.74, 6) is 0.559. The summed E-state index contributed by atoms with van der Waals surface area (Å²) in [4.78, 5) is 6.36. The second-order valence-corrected chi connectivity index (χ2v) is 8.16. The second-order valence-electron chi connectivity index (χ2n) is 8.16. The van der Waals surface area contributed by atoms with Crippen molar-refractivity contribution >= 4 is 10.9 Å². The van der Waals surface area contributed by atoms with E-state index >= 15 is 0 Å². The number of alkyl halides is 3. The van der Waals surface area contributed by atoms with E-state index in [-0.39, 0.29) is 5.52 Å². The van der Waals surface area contributed by atoms with Gasteiger partial charge in [0.15, 0.2) is 0 Å². The molecule has 10 heteroatoms. The molecule has 1 aromatic carbocycles. The topological polar surface area (TPSA) is 65.3 Å². The molecule has 2 aromatic heterocycles. The molecule has 0 unspecified atom stereocenters. The largest absolute Gasteiger partial charge is 0.493 e. The minimum absolute atomic E-state index is 0.281. The lowest BCUT2D eigenvalue weighted by Gasteiger charge is -2.25. The minimum atomic E-state index is -4.39. The van der Waals surface area contributed by atoms with Crippen LogP contribution in [0.25, 0.3) is 10.9 Å². The maximum absolute atomic E-state index is 12.9. The van der Waals surface area contributed by atoms with Crippen molar-refractivity contribution in [1.29, 1.82) is 0 Å². The molecule has 0 N–H and O–H groups in total. The lowest BCUT2D eigenvalue weighted by atomic mass is 10.1. The van der Waals surface area contributed by atoms with E-state index in [9.17, 15) is 13.2 Å². The van der Waals surface area contributed by atoms with E-state index < -0.39 is 11.7 Å². The predicted molar refractivity (Wildman–Crippen MR) is 117 cm³/mol. The fraction of sp³-hybridized carbons (Fsp3) is 0.522. The first-order chi connectivity index (χ1) is 16.0. The highest BCUT2D eigenvalue weighted by Gasteiger charge is 2.30. The maximum atomic E-state index is 12.9. The summed E-state index contributed by atoms with van der Waals surface area (Å²) >= 11 is 0. The van der Waals surface area contributed by atoms with Gasteiger partial charge in [-0.05, 0) is 43.5 Å². The van der Waals surface area contributed by atoms with Gasteiger partial charge in [0, 0.05) is 44.0 Å². The van der Waals surface area contributed by atoms with Crippen LogP contribution in [-0.4, -0.2) is 57.8 Å². The zero-order valence-corrected chi connectivity index (χ0v) is 18.4. The number of unbranched alkanes of at least 4 members (excludes halogenated alkanes) is 3. The number of benzene rings is 1. The summed E-state index contributed by atoms with van der Waals surface area (Å²) in [7, 11) is 0. The van der Waals surface area contributed by atoms with E-state index in [1.54, 1.807) is 6.07 Å². The molecule has 0 radical (unpaired) electrons. The Kier molecular flexibility index (Phi) is 7.77. The molecule has 0 saturated carbocycles. The Morgan fingerprint density at radius 2 is 1.85 bits per heavy atom. The minimum Gasteiger partial charge on any atom is -0.493 e. The van der Waals surface area contributed by atoms with Gasteiger partial charge in [-0.3, -0.25) is 14.6 Å². The average Bonchev–Trinajstić information content (AvgIpc) is 3.25. The summed E-state index contributed by atoms with van der Waals surface area (Å²) in [6.07, 6.45) is 3.00. The molecule has 0 aliphatic carbocycles. The van der Waals surface area contributed by atoms with Gasteiger partial charge in [-0.25, -0.2) is 0 Å². The first-order valence-electron chi connectivity index (χ1n) is 11.3. The van der Waals surface area contributed by atoms with Crippen LogP contribution in [0.15, 0.2) is 36.7 Å². The Morgan fingerprint density at radius 1 is 1.03 bits per heavy atom. The standard InChI is InChI=1S/C23H28F3N5O2/c24-23(25,26)18-5-6-20-21(15-18)27-8-7-22(20)33-12-4-2-1-3-9-31-17-19(28-29-31)16-30-10-13-32-14-11-30/h5-8,15,17H,1-4,9-14,16H2. The fourth-order valence-corrected chi connectivity index (χ4v) is 3.84. The SMILES string of the molecule is FC(F)(F)c1ccc2c(OCCCCCCn3cc(CN4CCOCC4)nn3)ccnc2c1. The summed E-state index contributed by atoms with van der Waals surface area (Å²) in [6.45, 7) is 5.54. The third-order valence-electron chi connectivity index (χ3n) is 5.64. The van der Waals surface area contributed by atoms with Crippen LogP contribution >= 0.6 is 0 Å². The number of fused-ring (bicyclic) bond motifs is 1. The smallest absolute Gasteiger partial charge is 0.416 e. The molecule has 3 heterocycles. The molecule has 4 rings (SSSR count). The quantitative estimate of drug-likeness (QED) is 0.418. The molecule has 178 valence electrons. The summed E-state index contributed by atoms with van der Waals surface area (Å²) in [5.41, 5.74) is 0.556. The van der Waals surface area contributed by atoms with Crippen LogP contribution in [0, 0.1) is 0 Å². The van der Waals surface area contributed by atoms with Crippen LogP contribution in [0.1, 0.15) is 36.9 Å². The van der Waals surface area contributed by atoms with Crippen LogP contribution in [0.4, 0.5) is 13.2 Å². The van der Waals surface area contributed by atoms with Crippen molar-refractivity contribution < 1.29 is 22.6 Å². The molecule has 0 bridgehead atoms. The highest BCUT2D eigenvalue weighted by Crippen LogP contribution is 2.33. The molecule has 0 spiro atoms. The number of hydrogen-bond donors (Lipinski definition) is 0. The first kappa shape index (κ1) is 23.4. The van der Waals surface area contributed by atoms with E-state index in [1.165, 1.54) is 12.3 Å². The van der Waals surface area contributed by atoms with E-state index in [2.05, 4.69) is 20.2 Å². The third-order valence-corrected chi connectivity index (χ3v) is 5.64. The van der Waals surface area contributed by atoms with Crippen molar-refractivity contribution in [2.24, 2.45) is 0 Å². The number of aryl methyl sites for hydroxylation is 1. The summed E-state index contributed by atoms with van der Waals surface area (Å²) in [5, 5.41) is 9.06. The second kappa shape index (κ2) is 10.9. The Labute approximate surface area is 190 Å². The van der Waals surface area contributed by atoms with Crippen molar-refractivity contribution in [2.75, 3.05) is 32.9 Å². The molecule has 1 aliphatic rings. The van der Waals surface area contributed by atoms with Gasteiger partial charge in [0.25, 0.3) is 0 Å². The molecular weight excluding hydrogens is 435 g/mol. The van der Waals surface area contributed by atoms with Crippen molar-refractivity contribution in [3.8, 4) is 5.75 Å². The summed E-state index contributed by atoms with van der Waals surface area (Å²) < 4.78 is 51.8. The maximum Gasteiger partial charge on any atom is 0.416 e. The Balaban J connectivity index is 1.15. The van der Waals surface area contributed by atoms with Crippen molar-refractivity contribution in [3.63, 3.8) is 0 Å². The first-order valence-corrected chi connectivity index (χ1v) is 11.3. The van der Waals surface area contributed by atoms with Gasteiger partial charge in [0.1, 0.15) is 5.75 Å². The van der Waals surface area contributed by atoms with Crippen molar-refractivity contribution in [1.82, 2.24) is 24.9 Å². The number of morpholine rings is 1. The lowest BCUT2D eigenvalue weighted by Crippen LogP contribution is -2.35. The van der Waals surface area contributed by atoms with Gasteiger partial charge in [-0.1, -0.05) is 11.6 Å². The van der Waals surface area contributed by atoms with Gasteiger partial charge in [0.2, 0.25) is 0 Å². The van der Waals surface area contributed by atoms with E-state index in [1.807, 2.05) is 10.9 Å². The molecule has 1 saturated heterocycles. The van der Waals surface area contributed by atoms with E-state index in [0.717, 1.165) is 82.9 Å². The molecular formula is C23H28F3N5O2. The van der Waals surface area contributed by atoms with E-state index in [4.69, 9.17) is 9.47 Å².